The molecule has 4 nitrogen and oxygen atoms in total. The Balaban J connectivity index is 2.00. The number of aromatic amines is 2. The lowest BCUT2D eigenvalue weighted by molar-refractivity contribution is 1.13. The average molecular weight is 479 g/mol. The van der Waals surface area contributed by atoms with Crippen LogP contribution in [0.15, 0.2) is 24.3 Å². The fourth-order valence-corrected chi connectivity index (χ4v) is 6.04. The lowest BCUT2D eigenvalue weighted by Gasteiger charge is -2.02. The number of hydrogen-bond acceptors (Lipinski definition) is 2. The Morgan fingerprint density at radius 2 is 1.17 bits per heavy atom. The first-order chi connectivity index (χ1) is 17.3. The van der Waals surface area contributed by atoms with Gasteiger partial charge in [0, 0.05) is 16.6 Å². The van der Waals surface area contributed by atoms with Crippen LogP contribution in [0.25, 0.3) is 44.4 Å². The number of fused-ring (bicyclic) bond motifs is 9. The van der Waals surface area contributed by atoms with Crippen LogP contribution in [0.3, 0.4) is 0 Å². The first-order valence-corrected chi connectivity index (χ1v) is 13.5. The Kier molecular flexibility index (Phi) is 6.23. The van der Waals surface area contributed by atoms with Gasteiger partial charge in [-0.1, -0.05) is 27.7 Å². The minimum atomic E-state index is 0.952. The Labute approximate surface area is 214 Å². The molecular weight excluding hydrogens is 440 g/mol. The first kappa shape index (κ1) is 24.3. The predicted molar refractivity (Wildman–Crippen MR) is 155 cm³/mol. The summed E-state index contributed by atoms with van der Waals surface area (Å²) in [6.45, 7) is 17.8. The molecular formula is C32H38N4. The van der Waals surface area contributed by atoms with Crippen LogP contribution in [0.5, 0.6) is 0 Å². The van der Waals surface area contributed by atoms with Crippen molar-refractivity contribution in [1.29, 1.82) is 0 Å². The molecule has 0 aliphatic carbocycles. The van der Waals surface area contributed by atoms with Crippen LogP contribution < -0.4 is 0 Å². The summed E-state index contributed by atoms with van der Waals surface area (Å²) < 4.78 is 0. The van der Waals surface area contributed by atoms with Gasteiger partial charge in [-0.3, -0.25) is 0 Å². The van der Waals surface area contributed by atoms with E-state index in [0.29, 0.717) is 0 Å². The number of nitrogens with one attached hydrogen (secondary N) is 2. The highest BCUT2D eigenvalue weighted by Crippen LogP contribution is 2.37. The maximum atomic E-state index is 5.19. The minimum absolute atomic E-state index is 0.952. The summed E-state index contributed by atoms with van der Waals surface area (Å²) >= 11 is 0. The third kappa shape index (κ3) is 3.66. The molecule has 2 aliphatic rings. The van der Waals surface area contributed by atoms with E-state index >= 15 is 0 Å². The quantitative estimate of drug-likeness (QED) is 0.394. The molecule has 5 rings (SSSR count). The van der Waals surface area contributed by atoms with Gasteiger partial charge in [-0.15, -0.1) is 0 Å². The van der Waals surface area contributed by atoms with Gasteiger partial charge in [-0.05, 0) is 122 Å². The highest BCUT2D eigenvalue weighted by Gasteiger charge is 2.21. The fraction of sp³-hybridized carbons (Fsp3) is 0.375. The van der Waals surface area contributed by atoms with Crippen molar-refractivity contribution in [3.63, 3.8) is 0 Å². The third-order valence-electron chi connectivity index (χ3n) is 8.23. The van der Waals surface area contributed by atoms with E-state index in [-0.39, 0.29) is 0 Å². The average Bonchev–Trinajstić information content (AvgIpc) is 3.54. The molecule has 0 fully saturated rings. The van der Waals surface area contributed by atoms with Gasteiger partial charge in [-0.2, -0.15) is 0 Å². The van der Waals surface area contributed by atoms with Crippen molar-refractivity contribution >= 4 is 44.4 Å². The van der Waals surface area contributed by atoms with E-state index < -0.39 is 0 Å². The van der Waals surface area contributed by atoms with Gasteiger partial charge in [0.25, 0.3) is 0 Å². The normalized spacial score (nSPS) is 13.8. The number of nitrogens with zero attached hydrogens (tertiary/aromatic N) is 2. The van der Waals surface area contributed by atoms with Crippen molar-refractivity contribution in [1.82, 2.24) is 19.9 Å². The van der Waals surface area contributed by atoms with E-state index in [9.17, 15) is 0 Å². The van der Waals surface area contributed by atoms with Gasteiger partial charge in [0.05, 0.1) is 28.3 Å². The van der Waals surface area contributed by atoms with Crippen molar-refractivity contribution in [3.8, 4) is 0 Å². The Morgan fingerprint density at radius 1 is 0.583 bits per heavy atom. The van der Waals surface area contributed by atoms with E-state index in [4.69, 9.17) is 9.97 Å². The summed E-state index contributed by atoms with van der Waals surface area (Å²) in [6.07, 6.45) is 3.85. The number of hydrogen-bond donors (Lipinski definition) is 2. The Bertz CT molecular complexity index is 1600. The van der Waals surface area contributed by atoms with Crippen LogP contribution in [-0.4, -0.2) is 19.9 Å². The van der Waals surface area contributed by atoms with E-state index in [0.717, 1.165) is 65.0 Å². The smallest absolute Gasteiger partial charge is 0.0910 e. The molecule has 0 spiro atoms. The van der Waals surface area contributed by atoms with Crippen molar-refractivity contribution in [3.05, 3.63) is 69.3 Å². The highest BCUT2D eigenvalue weighted by molar-refractivity contribution is 5.97. The zero-order valence-electron chi connectivity index (χ0n) is 23.0. The highest BCUT2D eigenvalue weighted by atomic mass is 14.8. The number of allylic oxidation sites excluding steroid dienone is 4. The molecule has 0 aromatic carbocycles. The fourth-order valence-electron chi connectivity index (χ4n) is 6.04. The molecule has 4 heteroatoms. The van der Waals surface area contributed by atoms with E-state index in [2.05, 4.69) is 89.6 Å². The molecule has 3 aromatic heterocycles. The lowest BCUT2D eigenvalue weighted by atomic mass is 10.0. The molecule has 0 radical (unpaired) electrons. The lowest BCUT2D eigenvalue weighted by Crippen LogP contribution is -1.87. The molecule has 3 aromatic rings. The molecule has 0 atom stereocenters. The summed E-state index contributed by atoms with van der Waals surface area (Å²) in [5, 5.41) is 0. The summed E-state index contributed by atoms with van der Waals surface area (Å²) in [5.74, 6) is 0. The second kappa shape index (κ2) is 9.24. The zero-order valence-corrected chi connectivity index (χ0v) is 23.0. The first-order valence-electron chi connectivity index (χ1n) is 13.5. The monoisotopic (exact) mass is 478 g/mol. The Morgan fingerprint density at radius 3 is 1.81 bits per heavy atom. The molecule has 186 valence electrons. The second-order valence-electron chi connectivity index (χ2n) is 10.0. The number of aromatic nitrogens is 4. The molecule has 0 amide bonds. The summed E-state index contributed by atoms with van der Waals surface area (Å²) in [7, 11) is 0. The molecule has 0 unspecified atom stereocenters. The van der Waals surface area contributed by atoms with Crippen LogP contribution in [0, 0.1) is 13.8 Å². The van der Waals surface area contributed by atoms with Gasteiger partial charge in [-0.25, -0.2) is 9.97 Å². The van der Waals surface area contributed by atoms with Crippen LogP contribution in [0.1, 0.15) is 99.4 Å². The van der Waals surface area contributed by atoms with Crippen LogP contribution in [0.4, 0.5) is 0 Å². The minimum Gasteiger partial charge on any atom is -0.355 e. The van der Waals surface area contributed by atoms with Gasteiger partial charge in [0.1, 0.15) is 0 Å². The van der Waals surface area contributed by atoms with Crippen LogP contribution in [0.2, 0.25) is 0 Å². The molecule has 0 saturated carbocycles. The van der Waals surface area contributed by atoms with Crippen molar-refractivity contribution in [2.45, 2.75) is 81.1 Å². The molecule has 5 heterocycles. The largest absolute Gasteiger partial charge is 0.355 e. The van der Waals surface area contributed by atoms with Crippen molar-refractivity contribution < 1.29 is 0 Å². The van der Waals surface area contributed by atoms with Crippen LogP contribution >= 0.6 is 0 Å². The van der Waals surface area contributed by atoms with Crippen molar-refractivity contribution in [2.75, 3.05) is 0 Å². The van der Waals surface area contributed by atoms with Gasteiger partial charge in [0.2, 0.25) is 0 Å². The summed E-state index contributed by atoms with van der Waals surface area (Å²) in [5.41, 5.74) is 19.4. The van der Waals surface area contributed by atoms with E-state index in [1.807, 2.05) is 0 Å². The molecule has 2 N–H and O–H groups in total. The van der Waals surface area contributed by atoms with Gasteiger partial charge >= 0.3 is 0 Å². The summed E-state index contributed by atoms with van der Waals surface area (Å²) in [4.78, 5) is 17.8. The molecule has 8 bridgehead atoms. The SMILES string of the molecule is CCC1=C(C)c2ccc3nc(c4[nH]c(cc5[nH]c(cc1n2)c(CC)c5C)c(C)c4CC)C(CC)=C3C. The zero-order chi connectivity index (χ0) is 25.7. The molecule has 36 heavy (non-hydrogen) atoms. The molecule has 0 saturated heterocycles. The third-order valence-corrected chi connectivity index (χ3v) is 8.23. The molecule has 2 aliphatic heterocycles. The summed E-state index contributed by atoms with van der Waals surface area (Å²) in [6, 6.07) is 8.85. The topological polar surface area (TPSA) is 57.4 Å². The van der Waals surface area contributed by atoms with Crippen molar-refractivity contribution in [2.24, 2.45) is 0 Å². The standard InChI is InChI=1S/C32H38N4/c1-9-21-17(5)25-13-14-26-19(7)23(11-3)31(35-26)32-24(12-4)20(8)28(36-32)15-27-18(6)22(10-2)30(34-27)16-29(21)33-25/h13-16,34,36H,9-12H2,1-8H3. The number of aryl methyl sites for hydroxylation is 4. The van der Waals surface area contributed by atoms with E-state index in [1.54, 1.807) is 0 Å². The maximum Gasteiger partial charge on any atom is 0.0910 e. The van der Waals surface area contributed by atoms with Crippen LogP contribution in [-0.2, 0) is 12.8 Å². The second-order valence-corrected chi connectivity index (χ2v) is 10.0. The number of rotatable bonds is 4. The maximum absolute atomic E-state index is 5.19. The van der Waals surface area contributed by atoms with Gasteiger partial charge < -0.3 is 9.97 Å². The van der Waals surface area contributed by atoms with E-state index in [1.165, 1.54) is 50.1 Å². The predicted octanol–water partition coefficient (Wildman–Crippen LogP) is 8.74. The van der Waals surface area contributed by atoms with Gasteiger partial charge in [0.15, 0.2) is 0 Å². The number of H-pyrrole nitrogens is 2. The Hall–Kier alpha value is -3.40.